The van der Waals surface area contributed by atoms with Gasteiger partial charge < -0.3 is 10.1 Å². The predicted molar refractivity (Wildman–Crippen MR) is 85.6 cm³/mol. The Morgan fingerprint density at radius 3 is 2.32 bits per heavy atom. The zero-order valence-corrected chi connectivity index (χ0v) is 13.9. The molecule has 0 aromatic heterocycles. The lowest BCUT2D eigenvalue weighted by molar-refractivity contribution is 0.115. The highest BCUT2D eigenvalue weighted by molar-refractivity contribution is 9.10. The monoisotopic (exact) mass is 327 g/mol. The molecular formula is C16H26BrNO. The van der Waals surface area contributed by atoms with Gasteiger partial charge in [0, 0.05) is 23.7 Å². The molecule has 1 rings (SSSR count). The fourth-order valence-electron chi connectivity index (χ4n) is 1.90. The maximum absolute atomic E-state index is 5.69. The lowest BCUT2D eigenvalue weighted by atomic mass is 10.0. The molecule has 1 N–H and O–H groups in total. The van der Waals surface area contributed by atoms with Gasteiger partial charge in [0.2, 0.25) is 0 Å². The molecule has 0 amide bonds. The fourth-order valence-corrected chi connectivity index (χ4v) is 2.16. The topological polar surface area (TPSA) is 21.3 Å². The van der Waals surface area contributed by atoms with Gasteiger partial charge in [-0.1, -0.05) is 41.9 Å². The third-order valence-electron chi connectivity index (χ3n) is 3.25. The summed E-state index contributed by atoms with van der Waals surface area (Å²) >= 11 is 3.46. The summed E-state index contributed by atoms with van der Waals surface area (Å²) in [7, 11) is 2.03. The summed E-state index contributed by atoms with van der Waals surface area (Å²) in [6.45, 7) is 6.18. The van der Waals surface area contributed by atoms with E-state index in [1.165, 1.54) is 5.56 Å². The minimum absolute atomic E-state index is 0.486. The molecule has 3 heteroatoms. The van der Waals surface area contributed by atoms with E-state index in [2.05, 4.69) is 59.4 Å². The van der Waals surface area contributed by atoms with Crippen molar-refractivity contribution in [2.24, 2.45) is 5.92 Å². The molecule has 108 valence electrons. The molecule has 1 aromatic carbocycles. The second-order valence-corrected chi connectivity index (χ2v) is 6.32. The first-order chi connectivity index (χ1) is 9.11. The molecule has 0 bridgehead atoms. The Labute approximate surface area is 126 Å². The van der Waals surface area contributed by atoms with E-state index < -0.39 is 0 Å². The number of hydrogen-bond donors (Lipinski definition) is 1. The van der Waals surface area contributed by atoms with Crippen molar-refractivity contribution in [1.29, 1.82) is 0 Å². The van der Waals surface area contributed by atoms with Gasteiger partial charge in [-0.25, -0.2) is 0 Å². The molecule has 2 nitrogen and oxygen atoms in total. The van der Waals surface area contributed by atoms with Gasteiger partial charge in [-0.15, -0.1) is 0 Å². The van der Waals surface area contributed by atoms with Gasteiger partial charge >= 0.3 is 0 Å². The highest BCUT2D eigenvalue weighted by Crippen LogP contribution is 2.12. The Morgan fingerprint density at radius 2 is 1.74 bits per heavy atom. The number of halogens is 1. The number of hydrogen-bond acceptors (Lipinski definition) is 2. The molecule has 19 heavy (non-hydrogen) atoms. The van der Waals surface area contributed by atoms with Crippen LogP contribution < -0.4 is 5.32 Å². The summed E-state index contributed by atoms with van der Waals surface area (Å²) in [5.41, 5.74) is 1.37. The van der Waals surface area contributed by atoms with Crippen LogP contribution in [0.2, 0.25) is 0 Å². The zero-order valence-electron chi connectivity index (χ0n) is 12.3. The summed E-state index contributed by atoms with van der Waals surface area (Å²) in [5.74, 6) is 0.725. The first kappa shape index (κ1) is 16.7. The van der Waals surface area contributed by atoms with Gasteiger partial charge in [0.1, 0.15) is 0 Å². The Kier molecular flexibility index (Phi) is 8.35. The van der Waals surface area contributed by atoms with E-state index in [0.717, 1.165) is 42.9 Å². The molecule has 0 spiro atoms. The summed E-state index contributed by atoms with van der Waals surface area (Å²) in [4.78, 5) is 0. The first-order valence-electron chi connectivity index (χ1n) is 7.11. The minimum atomic E-state index is 0.486. The Morgan fingerprint density at radius 1 is 1.11 bits per heavy atom. The number of rotatable bonds is 9. The van der Waals surface area contributed by atoms with Crippen LogP contribution in [0.1, 0.15) is 32.3 Å². The van der Waals surface area contributed by atoms with E-state index in [1.54, 1.807) is 0 Å². The summed E-state index contributed by atoms with van der Waals surface area (Å²) in [6, 6.07) is 9.03. The third-order valence-corrected chi connectivity index (χ3v) is 3.78. The van der Waals surface area contributed by atoms with Crippen LogP contribution in [0.4, 0.5) is 0 Å². The standard InChI is InChI=1S/C16H26BrNO/c1-13(2)8-10-19-11-9-16(18-3)12-14-4-6-15(17)7-5-14/h4-7,13,16,18H,8-12H2,1-3H3. The largest absolute Gasteiger partial charge is 0.381 e. The molecule has 0 radical (unpaired) electrons. The smallest absolute Gasteiger partial charge is 0.0480 e. The van der Waals surface area contributed by atoms with Crippen LogP contribution in [0.15, 0.2) is 28.7 Å². The van der Waals surface area contributed by atoms with Crippen LogP contribution in [-0.4, -0.2) is 26.3 Å². The summed E-state index contributed by atoms with van der Waals surface area (Å²) < 4.78 is 6.82. The number of benzene rings is 1. The number of ether oxygens (including phenoxy) is 1. The SMILES string of the molecule is CNC(CCOCCC(C)C)Cc1ccc(Br)cc1. The molecular weight excluding hydrogens is 302 g/mol. The van der Waals surface area contributed by atoms with Crippen molar-refractivity contribution in [2.45, 2.75) is 39.2 Å². The van der Waals surface area contributed by atoms with E-state index in [-0.39, 0.29) is 0 Å². The molecule has 0 aliphatic rings. The van der Waals surface area contributed by atoms with E-state index in [0.29, 0.717) is 6.04 Å². The van der Waals surface area contributed by atoms with Crippen molar-refractivity contribution in [3.8, 4) is 0 Å². The first-order valence-corrected chi connectivity index (χ1v) is 7.90. The summed E-state index contributed by atoms with van der Waals surface area (Å²) in [5, 5.41) is 3.37. The molecule has 0 aliphatic carbocycles. The molecule has 0 fully saturated rings. The van der Waals surface area contributed by atoms with Crippen LogP contribution in [0.3, 0.4) is 0 Å². The van der Waals surface area contributed by atoms with Crippen LogP contribution in [0, 0.1) is 5.92 Å². The normalized spacial score (nSPS) is 12.9. The van der Waals surface area contributed by atoms with E-state index in [4.69, 9.17) is 4.74 Å². The maximum Gasteiger partial charge on any atom is 0.0480 e. The zero-order chi connectivity index (χ0) is 14.1. The van der Waals surface area contributed by atoms with Gasteiger partial charge in [-0.2, -0.15) is 0 Å². The Hall–Kier alpha value is -0.380. The lowest BCUT2D eigenvalue weighted by Crippen LogP contribution is -2.29. The van der Waals surface area contributed by atoms with Crippen molar-refractivity contribution < 1.29 is 4.74 Å². The van der Waals surface area contributed by atoms with Crippen LogP contribution >= 0.6 is 15.9 Å². The third kappa shape index (κ3) is 7.71. The molecule has 1 atom stereocenters. The van der Waals surface area contributed by atoms with Crippen LogP contribution in [0.25, 0.3) is 0 Å². The fraction of sp³-hybridized carbons (Fsp3) is 0.625. The van der Waals surface area contributed by atoms with Crippen molar-refractivity contribution in [1.82, 2.24) is 5.32 Å². The molecule has 0 saturated carbocycles. The number of likely N-dealkylation sites (N-methyl/N-ethyl adjacent to an activating group) is 1. The average molecular weight is 328 g/mol. The highest BCUT2D eigenvalue weighted by Gasteiger charge is 2.07. The van der Waals surface area contributed by atoms with Gasteiger partial charge in [0.15, 0.2) is 0 Å². The minimum Gasteiger partial charge on any atom is -0.381 e. The van der Waals surface area contributed by atoms with E-state index >= 15 is 0 Å². The predicted octanol–water partition coefficient (Wildman–Crippen LogP) is 4.03. The Balaban J connectivity index is 2.24. The van der Waals surface area contributed by atoms with Gasteiger partial charge in [0.05, 0.1) is 0 Å². The van der Waals surface area contributed by atoms with Crippen LogP contribution in [-0.2, 0) is 11.2 Å². The molecule has 1 aromatic rings. The molecule has 1 unspecified atom stereocenters. The van der Waals surface area contributed by atoms with E-state index in [9.17, 15) is 0 Å². The van der Waals surface area contributed by atoms with Crippen molar-refractivity contribution in [2.75, 3.05) is 20.3 Å². The van der Waals surface area contributed by atoms with Gasteiger partial charge in [-0.3, -0.25) is 0 Å². The maximum atomic E-state index is 5.69. The second-order valence-electron chi connectivity index (χ2n) is 5.40. The highest BCUT2D eigenvalue weighted by atomic mass is 79.9. The lowest BCUT2D eigenvalue weighted by Gasteiger charge is -2.16. The van der Waals surface area contributed by atoms with Crippen molar-refractivity contribution >= 4 is 15.9 Å². The van der Waals surface area contributed by atoms with Crippen molar-refractivity contribution in [3.63, 3.8) is 0 Å². The average Bonchev–Trinajstić information content (AvgIpc) is 2.39. The van der Waals surface area contributed by atoms with Gasteiger partial charge in [0.25, 0.3) is 0 Å². The number of nitrogens with one attached hydrogen (secondary N) is 1. The quantitative estimate of drug-likeness (QED) is 0.691. The second kappa shape index (κ2) is 9.51. The molecule has 0 saturated heterocycles. The summed E-state index contributed by atoms with van der Waals surface area (Å²) in [6.07, 6.45) is 3.26. The Bertz CT molecular complexity index is 337. The van der Waals surface area contributed by atoms with E-state index in [1.807, 2.05) is 7.05 Å². The van der Waals surface area contributed by atoms with Crippen LogP contribution in [0.5, 0.6) is 0 Å². The van der Waals surface area contributed by atoms with Crippen molar-refractivity contribution in [3.05, 3.63) is 34.3 Å². The molecule has 0 aliphatic heterocycles. The van der Waals surface area contributed by atoms with Gasteiger partial charge in [-0.05, 0) is 49.9 Å². The molecule has 0 heterocycles.